The van der Waals surface area contributed by atoms with Crippen LogP contribution in [0.1, 0.15) is 48.2 Å². The molecular formula is C26H22N2O6. The minimum absolute atomic E-state index is 0.0614. The number of nitrogens with zero attached hydrogens (tertiary/aromatic N) is 1. The van der Waals surface area contributed by atoms with Crippen molar-refractivity contribution in [1.82, 2.24) is 4.90 Å². The minimum atomic E-state index is -0.978. The Labute approximate surface area is 196 Å². The van der Waals surface area contributed by atoms with Gasteiger partial charge in [-0.25, -0.2) is 9.59 Å². The third-order valence-corrected chi connectivity index (χ3v) is 5.63. The summed E-state index contributed by atoms with van der Waals surface area (Å²) in [5.41, 5.74) is 2.25. The molecule has 0 spiro atoms. The number of anilines is 1. The molecule has 1 N–H and O–H groups in total. The van der Waals surface area contributed by atoms with Crippen LogP contribution in [-0.2, 0) is 20.8 Å². The van der Waals surface area contributed by atoms with Gasteiger partial charge in [0.25, 0.3) is 11.8 Å². The van der Waals surface area contributed by atoms with Gasteiger partial charge in [0.2, 0.25) is 0 Å². The monoisotopic (exact) mass is 458 g/mol. The molecule has 1 aliphatic heterocycles. The molecule has 0 fully saturated rings. The van der Waals surface area contributed by atoms with E-state index in [9.17, 15) is 19.2 Å². The summed E-state index contributed by atoms with van der Waals surface area (Å²) < 4.78 is 9.57. The predicted octanol–water partition coefficient (Wildman–Crippen LogP) is 3.60. The number of methoxy groups -OCH3 is 2. The van der Waals surface area contributed by atoms with E-state index in [0.717, 1.165) is 5.56 Å². The second-order valence-corrected chi connectivity index (χ2v) is 7.64. The molecule has 0 saturated carbocycles. The van der Waals surface area contributed by atoms with Gasteiger partial charge >= 0.3 is 11.9 Å². The van der Waals surface area contributed by atoms with Crippen molar-refractivity contribution in [2.75, 3.05) is 19.5 Å². The number of hydrogen-bond donors (Lipinski definition) is 1. The van der Waals surface area contributed by atoms with E-state index in [1.807, 2.05) is 18.2 Å². The molecule has 2 amide bonds. The SMILES string of the molecule is COC(=O)c1ccc(C(=O)OC)c(NC(=O)C(c2ccccc2)N2Cc3ccccc3C2=O)c1. The lowest BCUT2D eigenvalue weighted by atomic mass is 10.0. The van der Waals surface area contributed by atoms with Gasteiger partial charge in [-0.3, -0.25) is 9.59 Å². The van der Waals surface area contributed by atoms with Crippen molar-refractivity contribution in [1.29, 1.82) is 0 Å². The molecule has 1 aliphatic rings. The third kappa shape index (κ3) is 4.25. The van der Waals surface area contributed by atoms with Crippen LogP contribution in [-0.4, -0.2) is 42.9 Å². The Morgan fingerprint density at radius 2 is 1.56 bits per heavy atom. The first-order valence-corrected chi connectivity index (χ1v) is 10.5. The molecule has 0 aromatic heterocycles. The van der Waals surface area contributed by atoms with Crippen molar-refractivity contribution >= 4 is 29.4 Å². The number of carbonyl (C=O) groups is 4. The highest BCUT2D eigenvalue weighted by atomic mass is 16.5. The Morgan fingerprint density at radius 1 is 0.882 bits per heavy atom. The van der Waals surface area contributed by atoms with Crippen molar-refractivity contribution in [2.45, 2.75) is 12.6 Å². The second-order valence-electron chi connectivity index (χ2n) is 7.64. The lowest BCUT2D eigenvalue weighted by Gasteiger charge is -2.27. The van der Waals surface area contributed by atoms with Crippen molar-refractivity contribution in [3.63, 3.8) is 0 Å². The van der Waals surface area contributed by atoms with Gasteiger partial charge in [0.05, 0.1) is 31.0 Å². The Balaban J connectivity index is 1.73. The first-order valence-electron chi connectivity index (χ1n) is 10.5. The highest BCUT2D eigenvalue weighted by Crippen LogP contribution is 2.33. The number of hydrogen-bond acceptors (Lipinski definition) is 6. The molecule has 1 unspecified atom stereocenters. The molecule has 3 aromatic carbocycles. The number of fused-ring (bicyclic) bond motifs is 1. The molecule has 0 radical (unpaired) electrons. The molecule has 3 aromatic rings. The average molecular weight is 458 g/mol. The normalized spacial score (nSPS) is 13.1. The number of carbonyl (C=O) groups excluding carboxylic acids is 4. The van der Waals surface area contributed by atoms with E-state index in [1.54, 1.807) is 36.4 Å². The second kappa shape index (κ2) is 9.58. The molecule has 0 bridgehead atoms. The van der Waals surface area contributed by atoms with Gasteiger partial charge in [-0.1, -0.05) is 48.5 Å². The summed E-state index contributed by atoms with van der Waals surface area (Å²) >= 11 is 0. The van der Waals surface area contributed by atoms with Crippen LogP contribution in [0.5, 0.6) is 0 Å². The Morgan fingerprint density at radius 3 is 2.24 bits per heavy atom. The molecule has 0 saturated heterocycles. The number of ether oxygens (including phenoxy) is 2. The minimum Gasteiger partial charge on any atom is -0.465 e. The van der Waals surface area contributed by atoms with E-state index in [1.165, 1.54) is 37.3 Å². The molecule has 1 atom stereocenters. The number of amides is 2. The van der Waals surface area contributed by atoms with Gasteiger partial charge in [0, 0.05) is 12.1 Å². The number of nitrogens with one attached hydrogen (secondary N) is 1. The lowest BCUT2D eigenvalue weighted by Crippen LogP contribution is -2.37. The highest BCUT2D eigenvalue weighted by molar-refractivity contribution is 6.07. The lowest BCUT2D eigenvalue weighted by molar-refractivity contribution is -0.120. The molecule has 34 heavy (non-hydrogen) atoms. The maximum absolute atomic E-state index is 13.6. The van der Waals surface area contributed by atoms with Crippen LogP contribution in [0.2, 0.25) is 0 Å². The molecule has 4 rings (SSSR count). The topological polar surface area (TPSA) is 102 Å². The fourth-order valence-electron chi connectivity index (χ4n) is 3.98. The van der Waals surface area contributed by atoms with E-state index >= 15 is 0 Å². The molecular weight excluding hydrogens is 436 g/mol. The average Bonchev–Trinajstić information content (AvgIpc) is 3.19. The number of esters is 2. The van der Waals surface area contributed by atoms with Crippen LogP contribution in [0.3, 0.4) is 0 Å². The quantitative estimate of drug-likeness (QED) is 0.567. The largest absolute Gasteiger partial charge is 0.465 e. The van der Waals surface area contributed by atoms with E-state index in [4.69, 9.17) is 9.47 Å². The van der Waals surface area contributed by atoms with Crippen LogP contribution in [0, 0.1) is 0 Å². The summed E-state index contributed by atoms with van der Waals surface area (Å²) in [6.07, 6.45) is 0. The third-order valence-electron chi connectivity index (χ3n) is 5.63. The standard InChI is InChI=1S/C26H22N2O6/c1-33-25(31)17-12-13-20(26(32)34-2)21(14-17)27-23(29)22(16-8-4-3-5-9-16)28-15-18-10-6-7-11-19(18)24(28)30/h3-14,22H,15H2,1-2H3,(H,27,29). The van der Waals surface area contributed by atoms with Crippen molar-refractivity contribution in [2.24, 2.45) is 0 Å². The van der Waals surface area contributed by atoms with Gasteiger partial charge in [-0.15, -0.1) is 0 Å². The number of benzene rings is 3. The Hall–Kier alpha value is -4.46. The van der Waals surface area contributed by atoms with Crippen LogP contribution >= 0.6 is 0 Å². The highest BCUT2D eigenvalue weighted by Gasteiger charge is 2.37. The van der Waals surface area contributed by atoms with Crippen molar-refractivity contribution in [3.05, 3.63) is 101 Å². The Bertz CT molecular complexity index is 1270. The van der Waals surface area contributed by atoms with Gasteiger partial charge < -0.3 is 19.7 Å². The van der Waals surface area contributed by atoms with Gasteiger partial charge in [0.15, 0.2) is 0 Å². The fourth-order valence-corrected chi connectivity index (χ4v) is 3.98. The van der Waals surface area contributed by atoms with Gasteiger partial charge in [-0.05, 0) is 35.4 Å². The van der Waals surface area contributed by atoms with Crippen LogP contribution < -0.4 is 5.32 Å². The smallest absolute Gasteiger partial charge is 0.339 e. The Kier molecular flexibility index (Phi) is 6.40. The van der Waals surface area contributed by atoms with Gasteiger partial charge in [0.1, 0.15) is 6.04 Å². The molecule has 8 nitrogen and oxygen atoms in total. The maximum atomic E-state index is 13.6. The molecule has 1 heterocycles. The zero-order chi connectivity index (χ0) is 24.2. The summed E-state index contributed by atoms with van der Waals surface area (Å²) in [4.78, 5) is 52.6. The van der Waals surface area contributed by atoms with E-state index in [2.05, 4.69) is 5.32 Å². The first kappa shape index (κ1) is 22.7. The molecule has 172 valence electrons. The van der Waals surface area contributed by atoms with E-state index in [0.29, 0.717) is 11.1 Å². The van der Waals surface area contributed by atoms with E-state index < -0.39 is 23.9 Å². The fraction of sp³-hybridized carbons (Fsp3) is 0.154. The van der Waals surface area contributed by atoms with Gasteiger partial charge in [-0.2, -0.15) is 0 Å². The molecule has 8 heteroatoms. The summed E-state index contributed by atoms with van der Waals surface area (Å²) in [5.74, 6) is -2.13. The van der Waals surface area contributed by atoms with Crippen LogP contribution in [0.25, 0.3) is 0 Å². The maximum Gasteiger partial charge on any atom is 0.339 e. The molecule has 0 aliphatic carbocycles. The summed E-state index contributed by atoms with van der Waals surface area (Å²) in [6.45, 7) is 0.258. The summed E-state index contributed by atoms with van der Waals surface area (Å²) in [5, 5.41) is 2.73. The first-order chi connectivity index (χ1) is 16.4. The number of rotatable bonds is 6. The zero-order valence-corrected chi connectivity index (χ0v) is 18.6. The predicted molar refractivity (Wildman–Crippen MR) is 123 cm³/mol. The summed E-state index contributed by atoms with van der Waals surface area (Å²) in [7, 11) is 2.45. The zero-order valence-electron chi connectivity index (χ0n) is 18.6. The summed E-state index contributed by atoms with van der Waals surface area (Å²) in [6, 6.07) is 19.2. The van der Waals surface area contributed by atoms with E-state index in [-0.39, 0.29) is 29.3 Å². The van der Waals surface area contributed by atoms with Crippen molar-refractivity contribution < 1.29 is 28.7 Å². The van der Waals surface area contributed by atoms with Crippen LogP contribution in [0.15, 0.2) is 72.8 Å². The van der Waals surface area contributed by atoms with Crippen LogP contribution in [0.4, 0.5) is 5.69 Å². The van der Waals surface area contributed by atoms with Crippen molar-refractivity contribution in [3.8, 4) is 0 Å².